The van der Waals surface area contributed by atoms with Gasteiger partial charge in [-0.15, -0.1) is 0 Å². The van der Waals surface area contributed by atoms with E-state index in [-0.39, 0.29) is 4.90 Å². The fourth-order valence-electron chi connectivity index (χ4n) is 1.52. The zero-order valence-corrected chi connectivity index (χ0v) is 8.16. The van der Waals surface area contributed by atoms with Crippen molar-refractivity contribution in [3.8, 4) is 0 Å². The summed E-state index contributed by atoms with van der Waals surface area (Å²) < 4.78 is 22.0. The van der Waals surface area contributed by atoms with Gasteiger partial charge in [0.25, 0.3) is 0 Å². The number of anilines is 1. The van der Waals surface area contributed by atoms with Crippen molar-refractivity contribution in [2.24, 2.45) is 5.14 Å². The number of fused-ring (bicyclic) bond motifs is 1. The second-order valence-corrected chi connectivity index (χ2v) is 4.77. The van der Waals surface area contributed by atoms with Crippen LogP contribution in [0.4, 0.5) is 5.69 Å². The van der Waals surface area contributed by atoms with Gasteiger partial charge in [0, 0.05) is 6.54 Å². The van der Waals surface area contributed by atoms with E-state index in [4.69, 9.17) is 5.14 Å². The third kappa shape index (κ3) is 1.47. The van der Waals surface area contributed by atoms with Crippen LogP contribution >= 0.6 is 0 Å². The Balaban J connectivity index is 2.56. The summed E-state index contributed by atoms with van der Waals surface area (Å²) in [7, 11) is -3.69. The van der Waals surface area contributed by atoms with E-state index in [2.05, 4.69) is 0 Å². The van der Waals surface area contributed by atoms with E-state index in [1.54, 1.807) is 6.07 Å². The first-order valence-electron chi connectivity index (χ1n) is 4.10. The first kappa shape index (κ1) is 9.45. The van der Waals surface area contributed by atoms with Gasteiger partial charge in [0.15, 0.2) is 0 Å². The van der Waals surface area contributed by atoms with Gasteiger partial charge in [0.1, 0.15) is 0 Å². The van der Waals surface area contributed by atoms with Gasteiger partial charge in [-0.3, -0.25) is 10.3 Å². The lowest BCUT2D eigenvalue weighted by Gasteiger charge is -2.10. The van der Waals surface area contributed by atoms with E-state index < -0.39 is 10.0 Å². The first-order valence-corrected chi connectivity index (χ1v) is 5.65. The van der Waals surface area contributed by atoms with Gasteiger partial charge >= 0.3 is 0 Å². The minimum atomic E-state index is -3.69. The number of primary sulfonamides is 1. The number of rotatable bonds is 1. The molecule has 0 saturated carbocycles. The van der Waals surface area contributed by atoms with Gasteiger partial charge in [0.05, 0.1) is 10.6 Å². The Labute approximate surface area is 81.8 Å². The maximum atomic E-state index is 11.0. The van der Waals surface area contributed by atoms with Crippen LogP contribution in [0.5, 0.6) is 0 Å². The van der Waals surface area contributed by atoms with Crippen molar-refractivity contribution in [3.05, 3.63) is 23.8 Å². The monoisotopic (exact) mass is 214 g/mol. The summed E-state index contributed by atoms with van der Waals surface area (Å²) in [6.07, 6.45) is 0.719. The Hall–Kier alpha value is -1.11. The summed E-state index contributed by atoms with van der Waals surface area (Å²) >= 11 is 0. The molecule has 5 nitrogen and oxygen atoms in total. The summed E-state index contributed by atoms with van der Waals surface area (Å²) in [5, 5.41) is 15.4. The normalized spacial score (nSPS) is 15.7. The molecule has 14 heavy (non-hydrogen) atoms. The Morgan fingerprint density at radius 1 is 1.43 bits per heavy atom. The largest absolute Gasteiger partial charge is 0.288 e. The van der Waals surface area contributed by atoms with Crippen molar-refractivity contribution in [1.29, 1.82) is 0 Å². The average Bonchev–Trinajstić information content (AvgIpc) is 2.46. The molecule has 2 rings (SSSR count). The van der Waals surface area contributed by atoms with Crippen molar-refractivity contribution < 1.29 is 13.6 Å². The number of hydrogen-bond donors (Lipinski definition) is 2. The Morgan fingerprint density at radius 3 is 2.79 bits per heavy atom. The van der Waals surface area contributed by atoms with E-state index in [1.165, 1.54) is 12.1 Å². The highest BCUT2D eigenvalue weighted by Crippen LogP contribution is 2.28. The molecular formula is C8H10N2O3S. The van der Waals surface area contributed by atoms with Crippen molar-refractivity contribution in [2.75, 3.05) is 11.6 Å². The maximum absolute atomic E-state index is 11.0. The SMILES string of the molecule is NS(=O)(=O)c1ccc2c(c1)N(O)CC2. The van der Waals surface area contributed by atoms with Crippen LogP contribution in [0.1, 0.15) is 5.56 Å². The van der Waals surface area contributed by atoms with Gasteiger partial charge in [-0.05, 0) is 24.1 Å². The van der Waals surface area contributed by atoms with Crippen LogP contribution in [0.25, 0.3) is 0 Å². The summed E-state index contributed by atoms with van der Waals surface area (Å²) in [4.78, 5) is 0.0252. The highest BCUT2D eigenvalue weighted by molar-refractivity contribution is 7.89. The Bertz CT molecular complexity index is 469. The van der Waals surface area contributed by atoms with E-state index in [9.17, 15) is 13.6 Å². The molecule has 1 aliphatic rings. The Kier molecular flexibility index (Phi) is 1.99. The molecule has 0 aliphatic carbocycles. The molecular weight excluding hydrogens is 204 g/mol. The quantitative estimate of drug-likeness (QED) is 0.693. The van der Waals surface area contributed by atoms with Crippen LogP contribution < -0.4 is 10.2 Å². The molecule has 0 aromatic heterocycles. The summed E-state index contributed by atoms with van der Waals surface area (Å²) in [6, 6.07) is 4.51. The number of hydroxylamine groups is 1. The van der Waals surface area contributed by atoms with Crippen molar-refractivity contribution >= 4 is 15.7 Å². The van der Waals surface area contributed by atoms with Crippen LogP contribution in [0, 0.1) is 0 Å². The molecule has 76 valence electrons. The van der Waals surface area contributed by atoms with Gasteiger partial charge < -0.3 is 0 Å². The van der Waals surface area contributed by atoms with Crippen molar-refractivity contribution in [1.82, 2.24) is 0 Å². The fraction of sp³-hybridized carbons (Fsp3) is 0.250. The van der Waals surface area contributed by atoms with Crippen LogP contribution in [0.15, 0.2) is 23.1 Å². The molecule has 0 saturated heterocycles. The zero-order valence-electron chi connectivity index (χ0n) is 7.34. The molecule has 0 bridgehead atoms. The minimum absolute atomic E-state index is 0.0252. The molecule has 6 heteroatoms. The molecule has 1 heterocycles. The molecule has 0 fully saturated rings. The molecule has 1 aromatic rings. The molecule has 0 unspecified atom stereocenters. The predicted octanol–water partition coefficient (Wildman–Crippen LogP) is 0.0857. The van der Waals surface area contributed by atoms with Crippen LogP contribution in [-0.2, 0) is 16.4 Å². The minimum Gasteiger partial charge on any atom is -0.288 e. The van der Waals surface area contributed by atoms with Crippen LogP contribution in [0.3, 0.4) is 0 Å². The number of nitrogens with two attached hydrogens (primary N) is 1. The van der Waals surface area contributed by atoms with Crippen molar-refractivity contribution in [2.45, 2.75) is 11.3 Å². The van der Waals surface area contributed by atoms with Crippen molar-refractivity contribution in [3.63, 3.8) is 0 Å². The van der Waals surface area contributed by atoms with Gasteiger partial charge in [-0.2, -0.15) is 0 Å². The highest BCUT2D eigenvalue weighted by atomic mass is 32.2. The Morgan fingerprint density at radius 2 is 2.14 bits per heavy atom. The average molecular weight is 214 g/mol. The lowest BCUT2D eigenvalue weighted by atomic mass is 10.2. The third-order valence-electron chi connectivity index (χ3n) is 2.26. The molecule has 0 radical (unpaired) electrons. The molecule has 0 amide bonds. The smallest absolute Gasteiger partial charge is 0.238 e. The maximum Gasteiger partial charge on any atom is 0.238 e. The van der Waals surface area contributed by atoms with E-state index in [0.29, 0.717) is 12.2 Å². The number of benzene rings is 1. The number of hydrogen-bond acceptors (Lipinski definition) is 4. The molecule has 1 aromatic carbocycles. The predicted molar refractivity (Wildman–Crippen MR) is 50.7 cm³/mol. The summed E-state index contributed by atoms with van der Waals surface area (Å²) in [5.41, 5.74) is 1.46. The van der Waals surface area contributed by atoms with E-state index >= 15 is 0 Å². The topological polar surface area (TPSA) is 83.6 Å². The zero-order chi connectivity index (χ0) is 10.3. The third-order valence-corrected chi connectivity index (χ3v) is 3.17. The lowest BCUT2D eigenvalue weighted by Crippen LogP contribution is -2.15. The van der Waals surface area contributed by atoms with E-state index in [0.717, 1.165) is 17.0 Å². The molecule has 3 N–H and O–H groups in total. The lowest BCUT2D eigenvalue weighted by molar-refractivity contribution is 0.264. The molecule has 0 atom stereocenters. The van der Waals surface area contributed by atoms with E-state index in [1.807, 2.05) is 0 Å². The standard InChI is InChI=1S/C8H10N2O3S/c9-14(12,13)7-2-1-6-3-4-10(11)8(6)5-7/h1-2,5,11H,3-4H2,(H2,9,12,13). The summed E-state index contributed by atoms with van der Waals surface area (Å²) in [5.74, 6) is 0. The van der Waals surface area contributed by atoms with Crippen LogP contribution in [0.2, 0.25) is 0 Å². The number of nitrogens with zero attached hydrogens (tertiary/aromatic N) is 1. The molecule has 0 spiro atoms. The van der Waals surface area contributed by atoms with Gasteiger partial charge in [-0.1, -0.05) is 6.07 Å². The fourth-order valence-corrected chi connectivity index (χ4v) is 2.05. The highest BCUT2D eigenvalue weighted by Gasteiger charge is 2.19. The first-order chi connectivity index (χ1) is 6.48. The summed E-state index contributed by atoms with van der Waals surface area (Å²) in [6.45, 7) is 0.489. The number of sulfonamides is 1. The second-order valence-electron chi connectivity index (χ2n) is 3.21. The second kappa shape index (κ2) is 2.94. The van der Waals surface area contributed by atoms with Gasteiger partial charge in [-0.25, -0.2) is 13.6 Å². The van der Waals surface area contributed by atoms with Gasteiger partial charge in [0.2, 0.25) is 10.0 Å². The van der Waals surface area contributed by atoms with Crippen LogP contribution in [-0.4, -0.2) is 20.2 Å². The molecule has 1 aliphatic heterocycles.